The third-order valence-electron chi connectivity index (χ3n) is 4.38. The van der Waals surface area contributed by atoms with Crippen molar-refractivity contribution < 1.29 is 0 Å². The zero-order valence-corrected chi connectivity index (χ0v) is 12.8. The lowest BCUT2D eigenvalue weighted by Crippen LogP contribution is -2.43. The zero-order valence-electron chi connectivity index (χ0n) is 11.3. The standard InChI is InChI=1S/C15H20Cl2N2/c1-18-7-12-2-4-13(10-18)19(9-12)8-11-3-5-14(16)15(17)6-11/h3,5-6,12-13H,2,4,7-10H2,1H3/t12-,13+/m1/s1. The Bertz CT molecular complexity index is 463. The fourth-order valence-corrected chi connectivity index (χ4v) is 3.80. The first-order chi connectivity index (χ1) is 9.11. The molecule has 1 aromatic carbocycles. The van der Waals surface area contributed by atoms with Gasteiger partial charge in [0.25, 0.3) is 0 Å². The van der Waals surface area contributed by atoms with Crippen molar-refractivity contribution in [1.82, 2.24) is 9.80 Å². The van der Waals surface area contributed by atoms with Crippen LogP contribution in [0.5, 0.6) is 0 Å². The van der Waals surface area contributed by atoms with Gasteiger partial charge in [0.05, 0.1) is 10.0 Å². The van der Waals surface area contributed by atoms with Crippen LogP contribution < -0.4 is 0 Å². The normalized spacial score (nSPS) is 28.6. The summed E-state index contributed by atoms with van der Waals surface area (Å²) in [4.78, 5) is 5.11. The first-order valence-corrected chi connectivity index (χ1v) is 7.74. The molecule has 4 rings (SSSR count). The topological polar surface area (TPSA) is 6.48 Å². The van der Waals surface area contributed by atoms with E-state index in [2.05, 4.69) is 22.9 Å². The van der Waals surface area contributed by atoms with E-state index in [1.807, 2.05) is 12.1 Å². The third-order valence-corrected chi connectivity index (χ3v) is 5.12. The summed E-state index contributed by atoms with van der Waals surface area (Å²) in [6.07, 6.45) is 2.71. The Morgan fingerprint density at radius 2 is 1.95 bits per heavy atom. The molecule has 0 N–H and O–H groups in total. The lowest BCUT2D eigenvalue weighted by molar-refractivity contribution is 0.124. The van der Waals surface area contributed by atoms with Crippen molar-refractivity contribution in [2.45, 2.75) is 25.4 Å². The second-order valence-corrected chi connectivity index (χ2v) is 6.81. The molecule has 0 unspecified atom stereocenters. The number of likely N-dealkylation sites (N-methyl/N-ethyl adjacent to an activating group) is 1. The molecular weight excluding hydrogens is 279 g/mol. The first kappa shape index (κ1) is 13.7. The highest BCUT2D eigenvalue weighted by Crippen LogP contribution is 2.30. The number of halogens is 2. The Hall–Kier alpha value is -0.280. The highest BCUT2D eigenvalue weighted by molar-refractivity contribution is 6.42. The molecule has 2 nitrogen and oxygen atoms in total. The van der Waals surface area contributed by atoms with Gasteiger partial charge in [0.15, 0.2) is 0 Å². The summed E-state index contributed by atoms with van der Waals surface area (Å²) in [5, 5.41) is 1.30. The van der Waals surface area contributed by atoms with Crippen LogP contribution in [-0.2, 0) is 6.54 Å². The molecule has 1 aromatic rings. The monoisotopic (exact) mass is 298 g/mol. The molecule has 0 radical (unpaired) electrons. The van der Waals surface area contributed by atoms with Gasteiger partial charge in [-0.1, -0.05) is 29.3 Å². The number of fused-ring (bicyclic) bond motifs is 4. The Morgan fingerprint density at radius 1 is 1.11 bits per heavy atom. The van der Waals surface area contributed by atoms with Gasteiger partial charge in [0.1, 0.15) is 0 Å². The van der Waals surface area contributed by atoms with Crippen LogP contribution in [-0.4, -0.2) is 42.5 Å². The second kappa shape index (κ2) is 5.61. The largest absolute Gasteiger partial charge is 0.304 e. The lowest BCUT2D eigenvalue weighted by Gasteiger charge is -2.36. The highest BCUT2D eigenvalue weighted by Gasteiger charge is 2.33. The molecule has 4 heteroatoms. The quantitative estimate of drug-likeness (QED) is 0.824. The van der Waals surface area contributed by atoms with Crippen LogP contribution in [0.3, 0.4) is 0 Å². The summed E-state index contributed by atoms with van der Waals surface area (Å²) in [6, 6.07) is 6.70. The molecule has 2 atom stereocenters. The minimum Gasteiger partial charge on any atom is -0.304 e. The summed E-state index contributed by atoms with van der Waals surface area (Å²) in [5.41, 5.74) is 1.27. The minimum absolute atomic E-state index is 0.641. The van der Waals surface area contributed by atoms with Crippen LogP contribution in [0.1, 0.15) is 18.4 Å². The van der Waals surface area contributed by atoms with Crippen LogP contribution >= 0.6 is 23.2 Å². The number of hydrogen-bond acceptors (Lipinski definition) is 2. The van der Waals surface area contributed by atoms with Crippen molar-refractivity contribution in [3.8, 4) is 0 Å². The molecule has 2 bridgehead atoms. The Morgan fingerprint density at radius 3 is 2.74 bits per heavy atom. The Kier molecular flexibility index (Phi) is 4.04. The molecule has 3 heterocycles. The van der Waals surface area contributed by atoms with Gasteiger partial charge in [0.2, 0.25) is 0 Å². The van der Waals surface area contributed by atoms with E-state index in [1.54, 1.807) is 0 Å². The maximum Gasteiger partial charge on any atom is 0.0595 e. The predicted molar refractivity (Wildman–Crippen MR) is 80.9 cm³/mol. The van der Waals surface area contributed by atoms with Crippen molar-refractivity contribution in [3.63, 3.8) is 0 Å². The molecule has 0 spiro atoms. The van der Waals surface area contributed by atoms with Gasteiger partial charge in [-0.2, -0.15) is 0 Å². The summed E-state index contributed by atoms with van der Waals surface area (Å²) >= 11 is 12.1. The van der Waals surface area contributed by atoms with Crippen LogP contribution in [0.15, 0.2) is 18.2 Å². The van der Waals surface area contributed by atoms with Crippen molar-refractivity contribution in [3.05, 3.63) is 33.8 Å². The van der Waals surface area contributed by atoms with Gasteiger partial charge < -0.3 is 4.90 Å². The fourth-order valence-electron chi connectivity index (χ4n) is 3.48. The van der Waals surface area contributed by atoms with E-state index in [-0.39, 0.29) is 0 Å². The summed E-state index contributed by atoms with van der Waals surface area (Å²) in [7, 11) is 2.24. The fraction of sp³-hybridized carbons (Fsp3) is 0.600. The van der Waals surface area contributed by atoms with Crippen LogP contribution in [0.4, 0.5) is 0 Å². The second-order valence-electron chi connectivity index (χ2n) is 6.00. The van der Waals surface area contributed by atoms with Gasteiger partial charge in [-0.3, -0.25) is 4.90 Å². The maximum atomic E-state index is 6.11. The van der Waals surface area contributed by atoms with E-state index in [0.29, 0.717) is 16.1 Å². The van der Waals surface area contributed by atoms with E-state index < -0.39 is 0 Å². The summed E-state index contributed by atoms with van der Waals surface area (Å²) < 4.78 is 0. The van der Waals surface area contributed by atoms with Crippen molar-refractivity contribution in [2.75, 3.05) is 26.7 Å². The molecule has 0 aliphatic carbocycles. The number of piperidine rings is 1. The predicted octanol–water partition coefficient (Wildman–Crippen LogP) is 3.52. The number of benzene rings is 1. The Balaban J connectivity index is 1.74. The van der Waals surface area contributed by atoms with Gasteiger partial charge in [-0.25, -0.2) is 0 Å². The van der Waals surface area contributed by atoms with Gasteiger partial charge in [-0.05, 0) is 43.5 Å². The van der Waals surface area contributed by atoms with Crippen LogP contribution in [0, 0.1) is 5.92 Å². The maximum absolute atomic E-state index is 6.11. The number of rotatable bonds is 2. The lowest BCUT2D eigenvalue weighted by atomic mass is 9.94. The average molecular weight is 299 g/mol. The van der Waals surface area contributed by atoms with E-state index in [4.69, 9.17) is 23.2 Å². The molecule has 3 fully saturated rings. The minimum atomic E-state index is 0.641. The van der Waals surface area contributed by atoms with E-state index in [1.165, 1.54) is 38.0 Å². The Labute approximate surface area is 125 Å². The molecule has 0 amide bonds. The summed E-state index contributed by atoms with van der Waals surface area (Å²) in [5.74, 6) is 0.825. The highest BCUT2D eigenvalue weighted by atomic mass is 35.5. The molecule has 3 aliphatic heterocycles. The average Bonchev–Trinajstić information content (AvgIpc) is 2.63. The van der Waals surface area contributed by atoms with Crippen molar-refractivity contribution in [2.24, 2.45) is 5.92 Å². The summed E-state index contributed by atoms with van der Waals surface area (Å²) in [6.45, 7) is 4.65. The molecule has 19 heavy (non-hydrogen) atoms. The molecule has 0 saturated carbocycles. The first-order valence-electron chi connectivity index (χ1n) is 6.98. The van der Waals surface area contributed by atoms with E-state index in [0.717, 1.165) is 12.5 Å². The van der Waals surface area contributed by atoms with Gasteiger partial charge in [-0.15, -0.1) is 0 Å². The van der Waals surface area contributed by atoms with Crippen molar-refractivity contribution in [1.29, 1.82) is 0 Å². The molecule has 3 saturated heterocycles. The molecule has 3 aliphatic rings. The number of hydrogen-bond donors (Lipinski definition) is 0. The molecule has 104 valence electrons. The van der Waals surface area contributed by atoms with Gasteiger partial charge in [0, 0.05) is 32.2 Å². The smallest absolute Gasteiger partial charge is 0.0595 e. The molecular formula is C15H20Cl2N2. The zero-order chi connectivity index (χ0) is 13.4. The van der Waals surface area contributed by atoms with Crippen LogP contribution in [0.25, 0.3) is 0 Å². The van der Waals surface area contributed by atoms with E-state index >= 15 is 0 Å². The van der Waals surface area contributed by atoms with Crippen LogP contribution in [0.2, 0.25) is 10.0 Å². The third kappa shape index (κ3) is 3.08. The van der Waals surface area contributed by atoms with Gasteiger partial charge >= 0.3 is 0 Å². The van der Waals surface area contributed by atoms with Crippen molar-refractivity contribution >= 4 is 23.2 Å². The molecule has 0 aromatic heterocycles. The van der Waals surface area contributed by atoms with E-state index in [9.17, 15) is 0 Å². The number of nitrogens with zero attached hydrogens (tertiary/aromatic N) is 2. The SMILES string of the molecule is CN1C[C@H]2CC[C@@H](C1)N(Cc1ccc(Cl)c(Cl)c1)C2.